The fraction of sp³-hybridized carbons (Fsp3) is 0.500. The Morgan fingerprint density at radius 3 is 3.00 bits per heavy atom. The molecule has 0 N–H and O–H groups in total. The molecule has 0 radical (unpaired) electrons. The van der Waals surface area contributed by atoms with Crippen LogP contribution in [0.5, 0.6) is 0 Å². The Bertz CT molecular complexity index is 268. The van der Waals surface area contributed by atoms with Gasteiger partial charge in [0.15, 0.2) is 0 Å². The first kappa shape index (κ1) is 8.93. The van der Waals surface area contributed by atoms with Gasteiger partial charge in [0.1, 0.15) is 12.3 Å². The maximum Gasteiger partial charge on any atom is 0.206 e. The van der Waals surface area contributed by atoms with Gasteiger partial charge in [0.25, 0.3) is 0 Å². The molecule has 0 saturated heterocycles. The Hall–Kier alpha value is -1.16. The van der Waals surface area contributed by atoms with E-state index in [1.165, 1.54) is 0 Å². The fourth-order valence-corrected chi connectivity index (χ4v) is 0.916. The molecule has 0 aliphatic carbocycles. The van der Waals surface area contributed by atoms with E-state index >= 15 is 0 Å². The van der Waals surface area contributed by atoms with Crippen molar-refractivity contribution < 1.29 is 9.53 Å². The maximum atomic E-state index is 11.3. The number of carbonyl (C=O) groups is 1. The van der Waals surface area contributed by atoms with Crippen molar-refractivity contribution in [1.82, 2.24) is 9.78 Å². The molecule has 4 heteroatoms. The quantitative estimate of drug-likeness (QED) is 0.620. The number of nitrogens with zero attached hydrogens (tertiary/aromatic N) is 2. The van der Waals surface area contributed by atoms with Crippen LogP contribution in [0.3, 0.4) is 0 Å². The molecule has 1 rings (SSSR count). The number of ether oxygens (including phenoxy) is 1. The zero-order valence-corrected chi connectivity index (χ0v) is 7.28. The molecule has 0 bridgehead atoms. The molecule has 1 aromatic rings. The Labute approximate surface area is 71.1 Å². The third-order valence-corrected chi connectivity index (χ3v) is 1.54. The molecule has 0 atom stereocenters. The lowest BCUT2D eigenvalue weighted by atomic mass is 10.3. The van der Waals surface area contributed by atoms with Crippen LogP contribution in [0.1, 0.15) is 17.4 Å². The molecule has 1 heterocycles. The van der Waals surface area contributed by atoms with Crippen LogP contribution in [-0.2, 0) is 11.8 Å². The number of ketones is 1. The average molecular weight is 168 g/mol. The number of aryl methyl sites for hydroxylation is 1. The zero-order valence-electron chi connectivity index (χ0n) is 7.28. The second kappa shape index (κ2) is 4.01. The Kier molecular flexibility index (Phi) is 2.99. The van der Waals surface area contributed by atoms with Crippen molar-refractivity contribution in [2.24, 2.45) is 7.05 Å². The van der Waals surface area contributed by atoms with Gasteiger partial charge >= 0.3 is 0 Å². The number of carbonyl (C=O) groups excluding carboxylic acids is 1. The molecule has 0 unspecified atom stereocenters. The van der Waals surface area contributed by atoms with Gasteiger partial charge in [-0.25, -0.2) is 0 Å². The van der Waals surface area contributed by atoms with Gasteiger partial charge in [0.05, 0.1) is 0 Å². The lowest BCUT2D eigenvalue weighted by molar-refractivity contribution is 0.0774. The summed E-state index contributed by atoms with van der Waals surface area (Å²) in [6.07, 6.45) is 1.60. The van der Waals surface area contributed by atoms with Gasteiger partial charge in [0.2, 0.25) is 5.78 Å². The molecule has 0 aliphatic rings. The fourth-order valence-electron chi connectivity index (χ4n) is 0.916. The zero-order chi connectivity index (χ0) is 8.97. The first-order valence-corrected chi connectivity index (χ1v) is 3.84. The third-order valence-electron chi connectivity index (χ3n) is 1.54. The molecule has 66 valence electrons. The summed E-state index contributed by atoms with van der Waals surface area (Å²) in [6, 6.07) is 1.68. The number of hydrogen-bond acceptors (Lipinski definition) is 3. The summed E-state index contributed by atoms with van der Waals surface area (Å²) in [5, 5.41) is 3.89. The van der Waals surface area contributed by atoms with E-state index in [-0.39, 0.29) is 12.4 Å². The van der Waals surface area contributed by atoms with Crippen LogP contribution in [0, 0.1) is 0 Å². The van der Waals surface area contributed by atoms with Gasteiger partial charge in [0, 0.05) is 19.9 Å². The molecular formula is C8H12N2O2. The number of rotatable bonds is 4. The lowest BCUT2D eigenvalue weighted by Gasteiger charge is -2.00. The van der Waals surface area contributed by atoms with Crippen LogP contribution >= 0.6 is 0 Å². The topological polar surface area (TPSA) is 44.1 Å². The van der Waals surface area contributed by atoms with E-state index in [0.717, 1.165) is 0 Å². The molecule has 0 aliphatic heterocycles. The van der Waals surface area contributed by atoms with Gasteiger partial charge in [-0.1, -0.05) is 0 Å². The van der Waals surface area contributed by atoms with Crippen LogP contribution in [0.2, 0.25) is 0 Å². The van der Waals surface area contributed by atoms with Crippen molar-refractivity contribution >= 4 is 5.78 Å². The molecule has 0 saturated carbocycles. The predicted molar refractivity (Wildman–Crippen MR) is 44.0 cm³/mol. The molecule has 12 heavy (non-hydrogen) atoms. The summed E-state index contributed by atoms with van der Waals surface area (Å²) >= 11 is 0. The maximum absolute atomic E-state index is 11.3. The van der Waals surface area contributed by atoms with Gasteiger partial charge in [-0.2, -0.15) is 5.10 Å². The van der Waals surface area contributed by atoms with E-state index in [2.05, 4.69) is 5.10 Å². The number of aromatic nitrogens is 2. The number of hydrogen-bond donors (Lipinski definition) is 0. The number of Topliss-reactive ketones (excluding diaryl/α,β-unsaturated/α-hetero) is 1. The van der Waals surface area contributed by atoms with Crippen LogP contribution in [0.25, 0.3) is 0 Å². The second-order valence-electron chi connectivity index (χ2n) is 2.40. The van der Waals surface area contributed by atoms with Crippen molar-refractivity contribution in [3.05, 3.63) is 18.0 Å². The van der Waals surface area contributed by atoms with Gasteiger partial charge in [-0.3, -0.25) is 9.48 Å². The first-order chi connectivity index (χ1) is 5.75. The summed E-state index contributed by atoms with van der Waals surface area (Å²) < 4.78 is 6.53. The monoisotopic (exact) mass is 168 g/mol. The smallest absolute Gasteiger partial charge is 0.206 e. The van der Waals surface area contributed by atoms with E-state index < -0.39 is 0 Å². The highest BCUT2D eigenvalue weighted by Crippen LogP contribution is 1.97. The van der Waals surface area contributed by atoms with E-state index in [9.17, 15) is 4.79 Å². The van der Waals surface area contributed by atoms with E-state index in [4.69, 9.17) is 4.74 Å². The summed E-state index contributed by atoms with van der Waals surface area (Å²) in [6.45, 7) is 2.55. The van der Waals surface area contributed by atoms with Crippen molar-refractivity contribution in [3.8, 4) is 0 Å². The van der Waals surface area contributed by atoms with Crippen LogP contribution < -0.4 is 0 Å². The minimum Gasteiger partial charge on any atom is -0.374 e. The molecule has 0 amide bonds. The minimum atomic E-state index is -0.0307. The highest BCUT2D eigenvalue weighted by atomic mass is 16.5. The Balaban J connectivity index is 2.59. The van der Waals surface area contributed by atoms with E-state index in [1.807, 2.05) is 6.92 Å². The predicted octanol–water partition coefficient (Wildman–Crippen LogP) is 0.639. The summed E-state index contributed by atoms with van der Waals surface area (Å²) in [5.74, 6) is -0.0307. The summed E-state index contributed by atoms with van der Waals surface area (Å²) in [4.78, 5) is 11.3. The average Bonchev–Trinajstić information content (AvgIpc) is 2.47. The largest absolute Gasteiger partial charge is 0.374 e. The molecule has 0 fully saturated rings. The molecular weight excluding hydrogens is 156 g/mol. The van der Waals surface area contributed by atoms with Crippen molar-refractivity contribution in [2.75, 3.05) is 13.2 Å². The highest BCUT2D eigenvalue weighted by molar-refractivity contribution is 5.95. The van der Waals surface area contributed by atoms with Gasteiger partial charge < -0.3 is 4.74 Å². The third kappa shape index (κ3) is 1.92. The second-order valence-corrected chi connectivity index (χ2v) is 2.40. The van der Waals surface area contributed by atoms with Crippen molar-refractivity contribution in [3.63, 3.8) is 0 Å². The van der Waals surface area contributed by atoms with Crippen LogP contribution in [0.4, 0.5) is 0 Å². The Morgan fingerprint density at radius 1 is 1.75 bits per heavy atom. The lowest BCUT2D eigenvalue weighted by Crippen LogP contribution is -2.13. The normalized spacial score (nSPS) is 10.2. The van der Waals surface area contributed by atoms with Crippen molar-refractivity contribution in [2.45, 2.75) is 6.92 Å². The molecule has 0 spiro atoms. The van der Waals surface area contributed by atoms with Crippen LogP contribution in [0.15, 0.2) is 12.3 Å². The molecule has 4 nitrogen and oxygen atoms in total. The van der Waals surface area contributed by atoms with Gasteiger partial charge in [-0.15, -0.1) is 0 Å². The molecule has 1 aromatic heterocycles. The summed E-state index contributed by atoms with van der Waals surface area (Å²) in [5.41, 5.74) is 0.587. The first-order valence-electron chi connectivity index (χ1n) is 3.84. The Morgan fingerprint density at radius 2 is 2.50 bits per heavy atom. The van der Waals surface area contributed by atoms with Crippen LogP contribution in [-0.4, -0.2) is 28.8 Å². The minimum absolute atomic E-state index is 0.0307. The summed E-state index contributed by atoms with van der Waals surface area (Å²) in [7, 11) is 1.74. The molecule has 0 aromatic carbocycles. The van der Waals surface area contributed by atoms with Gasteiger partial charge in [-0.05, 0) is 13.0 Å². The van der Waals surface area contributed by atoms with Crippen molar-refractivity contribution in [1.29, 1.82) is 0 Å². The van der Waals surface area contributed by atoms with E-state index in [0.29, 0.717) is 12.3 Å². The SMILES string of the molecule is CCOCC(=O)c1ccnn1C. The highest BCUT2D eigenvalue weighted by Gasteiger charge is 2.08. The van der Waals surface area contributed by atoms with E-state index in [1.54, 1.807) is 24.0 Å². The standard InChI is InChI=1S/C8H12N2O2/c1-3-12-6-8(11)7-4-5-9-10(7)2/h4-5H,3,6H2,1-2H3.